The summed E-state index contributed by atoms with van der Waals surface area (Å²) < 4.78 is 11.2. The van der Waals surface area contributed by atoms with Gasteiger partial charge in [0.25, 0.3) is 0 Å². The number of likely N-dealkylation sites (tertiary alicyclic amines) is 1. The lowest BCUT2D eigenvalue weighted by Crippen LogP contribution is -2.48. The van der Waals surface area contributed by atoms with Crippen molar-refractivity contribution in [2.45, 2.75) is 32.2 Å². The predicted molar refractivity (Wildman–Crippen MR) is 106 cm³/mol. The van der Waals surface area contributed by atoms with Crippen LogP contribution in [0.15, 0.2) is 18.2 Å². The third kappa shape index (κ3) is 3.68. The Morgan fingerprint density at radius 1 is 1.18 bits per heavy atom. The summed E-state index contributed by atoms with van der Waals surface area (Å²) in [4.78, 5) is 31.9. The molecule has 0 aliphatic carbocycles. The lowest BCUT2D eigenvalue weighted by atomic mass is 10.00. The minimum absolute atomic E-state index is 0.00513. The summed E-state index contributed by atoms with van der Waals surface area (Å²) in [5.74, 6) is 1.20. The van der Waals surface area contributed by atoms with E-state index in [0.717, 1.165) is 31.6 Å². The average molecular weight is 387 g/mol. The van der Waals surface area contributed by atoms with Gasteiger partial charge in [0.2, 0.25) is 11.8 Å². The van der Waals surface area contributed by atoms with E-state index in [4.69, 9.17) is 9.47 Å². The molecule has 0 bridgehead atoms. The van der Waals surface area contributed by atoms with E-state index in [-0.39, 0.29) is 30.2 Å². The van der Waals surface area contributed by atoms with Crippen LogP contribution in [0.1, 0.15) is 26.2 Å². The molecule has 2 saturated heterocycles. The Morgan fingerprint density at radius 3 is 2.61 bits per heavy atom. The van der Waals surface area contributed by atoms with Crippen LogP contribution in [-0.2, 0) is 9.59 Å². The Hall–Kier alpha value is -2.28. The van der Waals surface area contributed by atoms with Crippen molar-refractivity contribution >= 4 is 17.5 Å². The van der Waals surface area contributed by atoms with Gasteiger partial charge in [-0.25, -0.2) is 0 Å². The molecule has 7 nitrogen and oxygen atoms in total. The number of amides is 2. The van der Waals surface area contributed by atoms with E-state index in [1.165, 1.54) is 0 Å². The first-order valence-corrected chi connectivity index (χ1v) is 10.3. The van der Waals surface area contributed by atoms with E-state index in [1.807, 2.05) is 30.0 Å². The van der Waals surface area contributed by atoms with Gasteiger partial charge in [-0.1, -0.05) is 0 Å². The van der Waals surface area contributed by atoms with E-state index in [2.05, 4.69) is 11.9 Å². The number of carbonyl (C=O) groups is 2. The Labute approximate surface area is 166 Å². The smallest absolute Gasteiger partial charge is 0.228 e. The van der Waals surface area contributed by atoms with E-state index in [0.29, 0.717) is 37.8 Å². The molecule has 3 aliphatic rings. The second-order valence-electron chi connectivity index (χ2n) is 7.89. The minimum atomic E-state index is -0.277. The fraction of sp³-hybridized carbons (Fsp3) is 0.619. The van der Waals surface area contributed by atoms with Crippen LogP contribution in [0.5, 0.6) is 11.5 Å². The Balaban J connectivity index is 1.45. The Kier molecular flexibility index (Phi) is 5.44. The first-order valence-electron chi connectivity index (χ1n) is 10.3. The van der Waals surface area contributed by atoms with Crippen molar-refractivity contribution in [1.29, 1.82) is 0 Å². The number of rotatable bonds is 4. The summed E-state index contributed by atoms with van der Waals surface area (Å²) in [6.07, 6.45) is 2.28. The van der Waals surface area contributed by atoms with Crippen molar-refractivity contribution in [3.8, 4) is 11.5 Å². The molecule has 0 aromatic heterocycles. The van der Waals surface area contributed by atoms with E-state index < -0.39 is 0 Å². The zero-order valence-corrected chi connectivity index (χ0v) is 16.7. The van der Waals surface area contributed by atoms with Crippen molar-refractivity contribution in [2.24, 2.45) is 5.92 Å². The van der Waals surface area contributed by atoms with Crippen LogP contribution in [0, 0.1) is 5.92 Å². The highest BCUT2D eigenvalue weighted by Crippen LogP contribution is 2.36. The zero-order chi connectivity index (χ0) is 19.7. The van der Waals surface area contributed by atoms with Gasteiger partial charge < -0.3 is 24.2 Å². The van der Waals surface area contributed by atoms with Crippen molar-refractivity contribution in [2.75, 3.05) is 51.3 Å². The van der Waals surface area contributed by atoms with Crippen molar-refractivity contribution in [3.05, 3.63) is 18.2 Å². The van der Waals surface area contributed by atoms with Gasteiger partial charge in [0.1, 0.15) is 13.2 Å². The average Bonchev–Trinajstić information content (AvgIpc) is 3.11. The largest absolute Gasteiger partial charge is 0.486 e. The first kappa shape index (κ1) is 19.1. The number of carbonyl (C=O) groups excluding carboxylic acids is 2. The molecule has 0 N–H and O–H groups in total. The molecule has 2 fully saturated rings. The lowest BCUT2D eigenvalue weighted by Gasteiger charge is -2.38. The van der Waals surface area contributed by atoms with Gasteiger partial charge in [-0.2, -0.15) is 0 Å². The van der Waals surface area contributed by atoms with E-state index in [9.17, 15) is 9.59 Å². The van der Waals surface area contributed by atoms with Gasteiger partial charge in [0.05, 0.1) is 5.92 Å². The van der Waals surface area contributed by atoms with Crippen LogP contribution in [-0.4, -0.2) is 74.1 Å². The molecule has 1 aromatic rings. The molecule has 4 rings (SSSR count). The quantitative estimate of drug-likeness (QED) is 0.788. The van der Waals surface area contributed by atoms with Crippen LogP contribution in [0.25, 0.3) is 0 Å². The molecule has 0 radical (unpaired) electrons. The Bertz CT molecular complexity index is 745. The number of hydrogen-bond acceptors (Lipinski definition) is 5. The molecule has 1 aromatic carbocycles. The highest BCUT2D eigenvalue weighted by molar-refractivity contribution is 6.00. The fourth-order valence-corrected chi connectivity index (χ4v) is 4.46. The number of hydrogen-bond donors (Lipinski definition) is 0. The molecule has 7 heteroatoms. The fourth-order valence-electron chi connectivity index (χ4n) is 4.46. The molecule has 1 unspecified atom stereocenters. The molecular weight excluding hydrogens is 358 g/mol. The van der Waals surface area contributed by atoms with Gasteiger partial charge in [0, 0.05) is 37.3 Å². The number of fused-ring (bicyclic) bond motifs is 1. The summed E-state index contributed by atoms with van der Waals surface area (Å²) in [6.45, 7) is 6.24. The van der Waals surface area contributed by atoms with Crippen molar-refractivity contribution < 1.29 is 19.1 Å². The third-order valence-corrected chi connectivity index (χ3v) is 6.06. The van der Waals surface area contributed by atoms with Crippen molar-refractivity contribution in [1.82, 2.24) is 9.80 Å². The summed E-state index contributed by atoms with van der Waals surface area (Å²) in [5, 5.41) is 0. The normalized spacial score (nSPS) is 23.1. The highest BCUT2D eigenvalue weighted by atomic mass is 16.6. The predicted octanol–water partition coefficient (Wildman–Crippen LogP) is 1.75. The van der Waals surface area contributed by atoms with Crippen LogP contribution >= 0.6 is 0 Å². The van der Waals surface area contributed by atoms with Crippen LogP contribution < -0.4 is 14.4 Å². The molecular formula is C21H29N3O4. The molecule has 2 amide bonds. The van der Waals surface area contributed by atoms with Gasteiger partial charge in [-0.05, 0) is 52.0 Å². The maximum absolute atomic E-state index is 13.2. The van der Waals surface area contributed by atoms with Crippen LogP contribution in [0.4, 0.5) is 5.69 Å². The molecule has 0 spiro atoms. The molecule has 152 valence electrons. The second kappa shape index (κ2) is 7.99. The van der Waals surface area contributed by atoms with E-state index >= 15 is 0 Å². The van der Waals surface area contributed by atoms with Gasteiger partial charge in [-0.15, -0.1) is 0 Å². The third-order valence-electron chi connectivity index (χ3n) is 6.06. The summed E-state index contributed by atoms with van der Waals surface area (Å²) >= 11 is 0. The summed E-state index contributed by atoms with van der Waals surface area (Å²) in [6, 6.07) is 5.83. The second-order valence-corrected chi connectivity index (χ2v) is 7.89. The number of piperidine rings is 1. The molecule has 1 atom stereocenters. The molecule has 0 saturated carbocycles. The SMILES string of the molecule is CCN(C(=O)C1CC(=O)N(c2ccc3c(c2)OCCO3)C1)C1CCN(C)CC1. The summed E-state index contributed by atoms with van der Waals surface area (Å²) in [5.41, 5.74) is 0.770. The molecule has 28 heavy (non-hydrogen) atoms. The lowest BCUT2D eigenvalue weighted by molar-refractivity contribution is -0.138. The Morgan fingerprint density at radius 2 is 1.89 bits per heavy atom. The number of ether oxygens (including phenoxy) is 2. The monoisotopic (exact) mass is 387 g/mol. The van der Waals surface area contributed by atoms with Crippen LogP contribution in [0.2, 0.25) is 0 Å². The topological polar surface area (TPSA) is 62.3 Å². The van der Waals surface area contributed by atoms with Gasteiger partial charge in [0.15, 0.2) is 11.5 Å². The molecule has 3 aliphatic heterocycles. The zero-order valence-electron chi connectivity index (χ0n) is 16.7. The maximum atomic E-state index is 13.2. The van der Waals surface area contributed by atoms with Gasteiger partial charge >= 0.3 is 0 Å². The van der Waals surface area contributed by atoms with E-state index in [1.54, 1.807) is 4.90 Å². The number of benzene rings is 1. The number of nitrogens with zero attached hydrogens (tertiary/aromatic N) is 3. The number of anilines is 1. The van der Waals surface area contributed by atoms with Crippen LogP contribution in [0.3, 0.4) is 0 Å². The molecule has 3 heterocycles. The standard InChI is InChI=1S/C21H29N3O4/c1-3-23(16-6-8-22(2)9-7-16)21(26)15-12-20(25)24(14-15)17-4-5-18-19(13-17)28-11-10-27-18/h4-5,13,15-16H,3,6-12,14H2,1-2H3. The minimum Gasteiger partial charge on any atom is -0.486 e. The van der Waals surface area contributed by atoms with Crippen molar-refractivity contribution in [3.63, 3.8) is 0 Å². The highest BCUT2D eigenvalue weighted by Gasteiger charge is 2.39. The van der Waals surface area contributed by atoms with Gasteiger partial charge in [-0.3, -0.25) is 9.59 Å². The first-order chi connectivity index (χ1) is 13.6. The summed E-state index contributed by atoms with van der Waals surface area (Å²) in [7, 11) is 2.12. The maximum Gasteiger partial charge on any atom is 0.228 e.